The maximum Gasteiger partial charge on any atom is 0.161 e. The van der Waals surface area contributed by atoms with Gasteiger partial charge in [0, 0.05) is 12.4 Å². The molecule has 1 N–H and O–H groups in total. The van der Waals surface area contributed by atoms with Crippen LogP contribution in [0.1, 0.15) is 5.56 Å². The molecule has 0 saturated heterocycles. The van der Waals surface area contributed by atoms with E-state index in [-0.39, 0.29) is 0 Å². The molecule has 0 saturated carbocycles. The van der Waals surface area contributed by atoms with Gasteiger partial charge in [0.2, 0.25) is 0 Å². The lowest BCUT2D eigenvalue weighted by atomic mass is 10.2. The third kappa shape index (κ3) is 2.20. The lowest BCUT2D eigenvalue weighted by Crippen LogP contribution is -2.16. The van der Waals surface area contributed by atoms with Crippen LogP contribution in [0.15, 0.2) is 42.7 Å². The number of rotatable bonds is 3. The highest BCUT2D eigenvalue weighted by Gasteiger charge is 2.11. The highest BCUT2D eigenvalue weighted by Crippen LogP contribution is 2.30. The molecule has 1 aromatic carbocycles. The molecule has 0 spiro atoms. The van der Waals surface area contributed by atoms with Crippen LogP contribution in [0.3, 0.4) is 0 Å². The van der Waals surface area contributed by atoms with Gasteiger partial charge in [-0.25, -0.2) is 0 Å². The molecule has 0 fully saturated rings. The van der Waals surface area contributed by atoms with Crippen molar-refractivity contribution in [2.24, 2.45) is 0 Å². The second kappa shape index (κ2) is 4.41. The Labute approximate surface area is 99.7 Å². The molecule has 2 aromatic rings. The highest BCUT2D eigenvalue weighted by molar-refractivity contribution is 5.44. The normalized spacial score (nSPS) is 13.4. The first-order chi connectivity index (χ1) is 8.42. The van der Waals surface area contributed by atoms with E-state index < -0.39 is 0 Å². The number of ether oxygens (including phenoxy) is 2. The smallest absolute Gasteiger partial charge is 0.161 e. The molecule has 1 aliphatic heterocycles. The molecule has 4 nitrogen and oxygen atoms in total. The maximum absolute atomic E-state index is 5.54. The van der Waals surface area contributed by atoms with Crippen LogP contribution >= 0.6 is 0 Å². The minimum Gasteiger partial charge on any atom is -0.486 e. The second-order valence-corrected chi connectivity index (χ2v) is 3.90. The van der Waals surface area contributed by atoms with Crippen LogP contribution in [-0.2, 0) is 6.54 Å². The summed E-state index contributed by atoms with van der Waals surface area (Å²) in [6.45, 7) is 2.01. The predicted octanol–water partition coefficient (Wildman–Crippen LogP) is 2.00. The third-order valence-corrected chi connectivity index (χ3v) is 2.68. The SMILES string of the molecule is c1ccn(NCc2ccc3c(c2)OCCO3)c1. The number of nitrogens with one attached hydrogen (secondary N) is 1. The molecule has 0 bridgehead atoms. The minimum absolute atomic E-state index is 0.626. The molecule has 1 aromatic heterocycles. The van der Waals surface area contributed by atoms with Crippen molar-refractivity contribution in [3.63, 3.8) is 0 Å². The molecule has 0 unspecified atom stereocenters. The zero-order valence-corrected chi connectivity index (χ0v) is 9.43. The van der Waals surface area contributed by atoms with E-state index >= 15 is 0 Å². The summed E-state index contributed by atoms with van der Waals surface area (Å²) in [6.07, 6.45) is 3.94. The Kier molecular flexibility index (Phi) is 2.62. The van der Waals surface area contributed by atoms with Gasteiger partial charge in [0.1, 0.15) is 13.2 Å². The third-order valence-electron chi connectivity index (χ3n) is 2.68. The van der Waals surface area contributed by atoms with Crippen molar-refractivity contribution in [3.05, 3.63) is 48.3 Å². The average Bonchev–Trinajstić information content (AvgIpc) is 2.89. The van der Waals surface area contributed by atoms with Gasteiger partial charge in [0.05, 0.1) is 6.54 Å². The molecular formula is C13H14N2O2. The summed E-state index contributed by atoms with van der Waals surface area (Å²) in [6, 6.07) is 9.99. The van der Waals surface area contributed by atoms with Crippen molar-refractivity contribution in [3.8, 4) is 11.5 Å². The van der Waals surface area contributed by atoms with Crippen molar-refractivity contribution in [1.82, 2.24) is 4.68 Å². The molecule has 0 radical (unpaired) electrons. The number of aromatic nitrogens is 1. The lowest BCUT2D eigenvalue weighted by molar-refractivity contribution is 0.171. The van der Waals surface area contributed by atoms with E-state index in [1.807, 2.05) is 47.4 Å². The van der Waals surface area contributed by atoms with Crippen LogP contribution < -0.4 is 14.9 Å². The molecular weight excluding hydrogens is 216 g/mol. The van der Waals surface area contributed by atoms with Crippen LogP contribution in [0, 0.1) is 0 Å². The second-order valence-electron chi connectivity index (χ2n) is 3.90. The van der Waals surface area contributed by atoms with Crippen molar-refractivity contribution in [2.75, 3.05) is 18.6 Å². The Bertz CT molecular complexity index is 494. The first kappa shape index (κ1) is 10.1. The Balaban J connectivity index is 1.71. The van der Waals surface area contributed by atoms with E-state index in [2.05, 4.69) is 5.43 Å². The average molecular weight is 230 g/mol. The largest absolute Gasteiger partial charge is 0.486 e. The van der Waals surface area contributed by atoms with Gasteiger partial charge in [-0.05, 0) is 29.8 Å². The number of fused-ring (bicyclic) bond motifs is 1. The molecule has 0 amide bonds. The summed E-state index contributed by atoms with van der Waals surface area (Å²) in [7, 11) is 0. The van der Waals surface area contributed by atoms with E-state index in [0.717, 1.165) is 18.0 Å². The van der Waals surface area contributed by atoms with Crippen LogP contribution in [0.2, 0.25) is 0 Å². The Morgan fingerprint density at radius 3 is 2.65 bits per heavy atom. The molecule has 2 heterocycles. The van der Waals surface area contributed by atoms with Crippen LogP contribution in [0.5, 0.6) is 11.5 Å². The molecule has 0 atom stereocenters. The van der Waals surface area contributed by atoms with E-state index in [4.69, 9.17) is 9.47 Å². The summed E-state index contributed by atoms with van der Waals surface area (Å²) in [5, 5.41) is 0. The number of benzene rings is 1. The van der Waals surface area contributed by atoms with E-state index in [0.29, 0.717) is 13.2 Å². The van der Waals surface area contributed by atoms with E-state index in [1.165, 1.54) is 5.56 Å². The quantitative estimate of drug-likeness (QED) is 0.876. The van der Waals surface area contributed by atoms with E-state index in [9.17, 15) is 0 Å². The van der Waals surface area contributed by atoms with Crippen LogP contribution in [-0.4, -0.2) is 17.9 Å². The summed E-state index contributed by atoms with van der Waals surface area (Å²) in [5.74, 6) is 1.67. The molecule has 4 heteroatoms. The summed E-state index contributed by atoms with van der Waals surface area (Å²) in [4.78, 5) is 0. The van der Waals surface area contributed by atoms with Gasteiger partial charge in [0.15, 0.2) is 11.5 Å². The Morgan fingerprint density at radius 1 is 1.06 bits per heavy atom. The van der Waals surface area contributed by atoms with Gasteiger partial charge in [-0.3, -0.25) is 4.68 Å². The Morgan fingerprint density at radius 2 is 1.82 bits per heavy atom. The van der Waals surface area contributed by atoms with Gasteiger partial charge >= 0.3 is 0 Å². The minimum atomic E-state index is 0.626. The summed E-state index contributed by atoms with van der Waals surface area (Å²) >= 11 is 0. The van der Waals surface area contributed by atoms with Gasteiger partial charge in [-0.15, -0.1) is 0 Å². The highest BCUT2D eigenvalue weighted by atomic mass is 16.6. The van der Waals surface area contributed by atoms with Crippen molar-refractivity contribution in [2.45, 2.75) is 6.54 Å². The summed E-state index contributed by atoms with van der Waals surface area (Å²) < 4.78 is 12.9. The van der Waals surface area contributed by atoms with Crippen LogP contribution in [0.25, 0.3) is 0 Å². The van der Waals surface area contributed by atoms with Gasteiger partial charge < -0.3 is 14.9 Å². The van der Waals surface area contributed by atoms with Crippen molar-refractivity contribution < 1.29 is 9.47 Å². The zero-order valence-electron chi connectivity index (χ0n) is 9.43. The molecule has 1 aliphatic rings. The standard InChI is InChI=1S/C13H14N2O2/c1-2-6-15(5-1)14-10-11-3-4-12-13(9-11)17-8-7-16-12/h1-6,9,14H,7-8,10H2. The Hall–Kier alpha value is -2.10. The maximum atomic E-state index is 5.54. The van der Waals surface area contributed by atoms with Crippen LogP contribution in [0.4, 0.5) is 0 Å². The lowest BCUT2D eigenvalue weighted by Gasteiger charge is -2.19. The predicted molar refractivity (Wildman–Crippen MR) is 64.9 cm³/mol. The molecule has 0 aliphatic carbocycles. The zero-order chi connectivity index (χ0) is 11.5. The number of nitrogens with zero attached hydrogens (tertiary/aromatic N) is 1. The summed E-state index contributed by atoms with van der Waals surface area (Å²) in [5.41, 5.74) is 4.44. The topological polar surface area (TPSA) is 35.4 Å². The van der Waals surface area contributed by atoms with Gasteiger partial charge in [-0.2, -0.15) is 0 Å². The first-order valence-electron chi connectivity index (χ1n) is 5.67. The van der Waals surface area contributed by atoms with E-state index in [1.54, 1.807) is 0 Å². The molecule has 17 heavy (non-hydrogen) atoms. The molecule has 88 valence electrons. The number of hydrogen-bond donors (Lipinski definition) is 1. The monoisotopic (exact) mass is 230 g/mol. The van der Waals surface area contributed by atoms with Crippen molar-refractivity contribution in [1.29, 1.82) is 0 Å². The number of hydrogen-bond acceptors (Lipinski definition) is 3. The molecule has 3 rings (SSSR count). The van der Waals surface area contributed by atoms with Gasteiger partial charge in [-0.1, -0.05) is 6.07 Å². The fourth-order valence-corrected chi connectivity index (χ4v) is 1.82. The van der Waals surface area contributed by atoms with Crippen molar-refractivity contribution >= 4 is 0 Å². The van der Waals surface area contributed by atoms with Gasteiger partial charge in [0.25, 0.3) is 0 Å². The fourth-order valence-electron chi connectivity index (χ4n) is 1.82. The fraction of sp³-hybridized carbons (Fsp3) is 0.231. The first-order valence-corrected chi connectivity index (χ1v) is 5.67.